The summed E-state index contributed by atoms with van der Waals surface area (Å²) in [5.74, 6) is -0.391. The molecule has 0 aromatic carbocycles. The number of carbonyl (C=O) groups excluding carboxylic acids is 2. The molecule has 0 amide bonds. The maximum absolute atomic E-state index is 11.4. The highest BCUT2D eigenvalue weighted by molar-refractivity contribution is 5.72. The van der Waals surface area contributed by atoms with Gasteiger partial charge in [-0.15, -0.1) is 0 Å². The molecule has 1 rings (SSSR count). The molecule has 0 aliphatic carbocycles. The molecule has 0 N–H and O–H groups in total. The van der Waals surface area contributed by atoms with Crippen LogP contribution in [0.25, 0.3) is 0 Å². The Morgan fingerprint density at radius 1 is 0.500 bits per heavy atom. The van der Waals surface area contributed by atoms with E-state index in [0.29, 0.717) is 32.5 Å². The monoisotopic (exact) mass is 284 g/mol. The highest BCUT2D eigenvalue weighted by Crippen LogP contribution is 2.10. The smallest absolute Gasteiger partial charge is 0.305 e. The molecule has 1 aliphatic rings. The van der Waals surface area contributed by atoms with Crippen LogP contribution in [0.1, 0.15) is 77.0 Å². The van der Waals surface area contributed by atoms with Crippen LogP contribution in [0.2, 0.25) is 0 Å². The van der Waals surface area contributed by atoms with Gasteiger partial charge in [0, 0.05) is 12.8 Å². The van der Waals surface area contributed by atoms with Crippen LogP contribution in [-0.2, 0) is 19.1 Å². The molecule has 0 saturated carbocycles. The van der Waals surface area contributed by atoms with Crippen molar-refractivity contribution in [1.29, 1.82) is 0 Å². The third-order valence-electron chi connectivity index (χ3n) is 3.58. The predicted octanol–water partition coefficient (Wildman–Crippen LogP) is 3.77. The largest absolute Gasteiger partial charge is 0.466 e. The van der Waals surface area contributed by atoms with Gasteiger partial charge in [-0.25, -0.2) is 0 Å². The molecule has 4 nitrogen and oxygen atoms in total. The van der Waals surface area contributed by atoms with Crippen LogP contribution in [0.4, 0.5) is 0 Å². The van der Waals surface area contributed by atoms with Crippen molar-refractivity contribution in [1.82, 2.24) is 0 Å². The number of rotatable bonds is 0. The van der Waals surface area contributed by atoms with Crippen LogP contribution in [0, 0.1) is 0 Å². The SMILES string of the molecule is O=C1CCCC(=O)OCCCCCCCCCCCO1. The van der Waals surface area contributed by atoms with E-state index in [2.05, 4.69) is 0 Å². The van der Waals surface area contributed by atoms with E-state index >= 15 is 0 Å². The lowest BCUT2D eigenvalue weighted by atomic mass is 10.1. The lowest BCUT2D eigenvalue weighted by Crippen LogP contribution is -2.09. The first-order valence-corrected chi connectivity index (χ1v) is 8.10. The number of carbonyl (C=O) groups is 2. The summed E-state index contributed by atoms with van der Waals surface area (Å²) in [4.78, 5) is 22.8. The summed E-state index contributed by atoms with van der Waals surface area (Å²) in [6.45, 7) is 1.03. The van der Waals surface area contributed by atoms with Crippen molar-refractivity contribution in [3.63, 3.8) is 0 Å². The molecule has 1 aliphatic heterocycles. The fraction of sp³-hybridized carbons (Fsp3) is 0.875. The number of hydrogen-bond donors (Lipinski definition) is 0. The molecule has 0 unspecified atom stereocenters. The summed E-state index contributed by atoms with van der Waals surface area (Å²) < 4.78 is 10.3. The van der Waals surface area contributed by atoms with Crippen molar-refractivity contribution in [2.24, 2.45) is 0 Å². The summed E-state index contributed by atoms with van der Waals surface area (Å²) in [5.41, 5.74) is 0. The highest BCUT2D eigenvalue weighted by Gasteiger charge is 2.07. The third-order valence-corrected chi connectivity index (χ3v) is 3.58. The van der Waals surface area contributed by atoms with Crippen LogP contribution in [-0.4, -0.2) is 25.2 Å². The molecule has 0 aromatic heterocycles. The normalized spacial score (nSPS) is 22.2. The van der Waals surface area contributed by atoms with Gasteiger partial charge in [-0.05, 0) is 19.3 Å². The minimum Gasteiger partial charge on any atom is -0.466 e. The number of hydrogen-bond acceptors (Lipinski definition) is 4. The Labute approximate surface area is 122 Å². The molecule has 1 heterocycles. The van der Waals surface area contributed by atoms with Crippen LogP contribution in [0.15, 0.2) is 0 Å². The Balaban J connectivity index is 2.20. The zero-order valence-electron chi connectivity index (χ0n) is 12.5. The summed E-state index contributed by atoms with van der Waals surface area (Å²) in [5, 5.41) is 0. The molecular formula is C16H28O4. The van der Waals surface area contributed by atoms with Gasteiger partial charge in [-0.2, -0.15) is 0 Å². The van der Waals surface area contributed by atoms with E-state index in [1.807, 2.05) is 0 Å². The van der Waals surface area contributed by atoms with Crippen LogP contribution < -0.4 is 0 Å². The number of cyclic esters (lactones) is 2. The fourth-order valence-electron chi connectivity index (χ4n) is 2.33. The Morgan fingerprint density at radius 3 is 1.25 bits per heavy atom. The molecule has 116 valence electrons. The predicted molar refractivity (Wildman–Crippen MR) is 77.3 cm³/mol. The van der Waals surface area contributed by atoms with Crippen LogP contribution in [0.5, 0.6) is 0 Å². The van der Waals surface area contributed by atoms with E-state index in [4.69, 9.17) is 9.47 Å². The van der Waals surface area contributed by atoms with Crippen molar-refractivity contribution in [3.05, 3.63) is 0 Å². The Morgan fingerprint density at radius 2 is 0.850 bits per heavy atom. The van der Waals surface area contributed by atoms with Gasteiger partial charge >= 0.3 is 11.9 Å². The summed E-state index contributed by atoms with van der Waals surface area (Å²) in [6, 6.07) is 0. The zero-order chi connectivity index (χ0) is 14.5. The maximum atomic E-state index is 11.4. The minimum atomic E-state index is -0.195. The van der Waals surface area contributed by atoms with Gasteiger partial charge in [0.1, 0.15) is 0 Å². The molecule has 0 aromatic rings. The van der Waals surface area contributed by atoms with Gasteiger partial charge in [-0.3, -0.25) is 9.59 Å². The van der Waals surface area contributed by atoms with Gasteiger partial charge in [0.2, 0.25) is 0 Å². The van der Waals surface area contributed by atoms with Crippen LogP contribution >= 0.6 is 0 Å². The first-order valence-electron chi connectivity index (χ1n) is 8.10. The molecule has 20 heavy (non-hydrogen) atoms. The Kier molecular flexibility index (Phi) is 9.98. The standard InChI is InChI=1S/C16H28O4/c17-15-11-10-12-16(18)20-14-9-7-5-3-1-2-4-6-8-13-19-15/h1-14H2. The van der Waals surface area contributed by atoms with E-state index in [0.717, 1.165) is 25.7 Å². The van der Waals surface area contributed by atoms with E-state index in [1.165, 1.54) is 32.1 Å². The third kappa shape index (κ3) is 9.82. The summed E-state index contributed by atoms with van der Waals surface area (Å²) >= 11 is 0. The Hall–Kier alpha value is -1.06. The fourth-order valence-corrected chi connectivity index (χ4v) is 2.33. The molecule has 0 bridgehead atoms. The molecule has 0 atom stereocenters. The Bertz CT molecular complexity index is 250. The first-order chi connectivity index (χ1) is 9.79. The van der Waals surface area contributed by atoms with E-state index in [9.17, 15) is 9.59 Å². The lowest BCUT2D eigenvalue weighted by Gasteiger charge is -2.07. The maximum Gasteiger partial charge on any atom is 0.305 e. The second kappa shape index (κ2) is 11.7. The average Bonchev–Trinajstić information content (AvgIpc) is 2.43. The highest BCUT2D eigenvalue weighted by atomic mass is 16.5. The summed E-state index contributed by atoms with van der Waals surface area (Å²) in [7, 11) is 0. The number of esters is 2. The molecule has 1 fully saturated rings. The molecule has 0 radical (unpaired) electrons. The van der Waals surface area contributed by atoms with Gasteiger partial charge in [0.15, 0.2) is 0 Å². The molecular weight excluding hydrogens is 256 g/mol. The van der Waals surface area contributed by atoms with Gasteiger partial charge < -0.3 is 9.47 Å². The lowest BCUT2D eigenvalue weighted by molar-refractivity contribution is -0.145. The molecule has 1 saturated heterocycles. The zero-order valence-corrected chi connectivity index (χ0v) is 12.5. The quantitative estimate of drug-likeness (QED) is 0.635. The summed E-state index contributed by atoms with van der Waals surface area (Å²) in [6.07, 6.45) is 11.6. The van der Waals surface area contributed by atoms with Crippen molar-refractivity contribution in [3.8, 4) is 0 Å². The topological polar surface area (TPSA) is 52.6 Å². The minimum absolute atomic E-state index is 0.195. The van der Waals surface area contributed by atoms with Gasteiger partial charge in [-0.1, -0.05) is 44.9 Å². The van der Waals surface area contributed by atoms with E-state index < -0.39 is 0 Å². The van der Waals surface area contributed by atoms with Crippen molar-refractivity contribution < 1.29 is 19.1 Å². The van der Waals surface area contributed by atoms with Crippen LogP contribution in [0.3, 0.4) is 0 Å². The van der Waals surface area contributed by atoms with Crippen molar-refractivity contribution in [2.45, 2.75) is 77.0 Å². The molecule has 4 heteroatoms. The van der Waals surface area contributed by atoms with Gasteiger partial charge in [0.05, 0.1) is 13.2 Å². The first kappa shape index (κ1) is 17.0. The van der Waals surface area contributed by atoms with Crippen molar-refractivity contribution in [2.75, 3.05) is 13.2 Å². The molecule has 0 spiro atoms. The second-order valence-corrected chi connectivity index (χ2v) is 5.48. The van der Waals surface area contributed by atoms with E-state index in [1.54, 1.807) is 0 Å². The average molecular weight is 284 g/mol. The van der Waals surface area contributed by atoms with Crippen molar-refractivity contribution >= 4 is 11.9 Å². The van der Waals surface area contributed by atoms with Gasteiger partial charge in [0.25, 0.3) is 0 Å². The number of ether oxygens (including phenoxy) is 2. The second-order valence-electron chi connectivity index (χ2n) is 5.48. The van der Waals surface area contributed by atoms with E-state index in [-0.39, 0.29) is 11.9 Å².